The lowest BCUT2D eigenvalue weighted by Gasteiger charge is -2.40. The average Bonchev–Trinajstić information content (AvgIpc) is 2.83. The van der Waals surface area contributed by atoms with Crippen molar-refractivity contribution < 1.29 is 17.9 Å². The fourth-order valence-electron chi connectivity index (χ4n) is 2.83. The summed E-state index contributed by atoms with van der Waals surface area (Å²) in [7, 11) is 0. The summed E-state index contributed by atoms with van der Waals surface area (Å²) in [5, 5.41) is 4.50. The molecule has 0 bridgehead atoms. The van der Waals surface area contributed by atoms with Gasteiger partial charge < -0.3 is 9.75 Å². The quantitative estimate of drug-likeness (QED) is 0.828. The van der Waals surface area contributed by atoms with Crippen molar-refractivity contribution in [2.24, 2.45) is 0 Å². The Kier molecular flexibility index (Phi) is 4.48. The highest BCUT2D eigenvalue weighted by Gasteiger charge is 2.30. The van der Waals surface area contributed by atoms with Gasteiger partial charge in [-0.3, -0.25) is 0 Å². The van der Waals surface area contributed by atoms with Crippen LogP contribution in [0.15, 0.2) is 24.5 Å². The molecule has 1 aromatic heterocycles. The van der Waals surface area contributed by atoms with Gasteiger partial charge in [0.05, 0.1) is 0 Å². The van der Waals surface area contributed by atoms with Crippen LogP contribution in [0.25, 0.3) is 0 Å². The van der Waals surface area contributed by atoms with Gasteiger partial charge in [0.25, 0.3) is 0 Å². The van der Waals surface area contributed by atoms with Crippen molar-refractivity contribution in [3.05, 3.63) is 35.7 Å². The van der Waals surface area contributed by atoms with Gasteiger partial charge in [-0.05, 0) is 37.8 Å². The first-order chi connectivity index (χ1) is 10.9. The Bertz CT molecular complexity index is 584. The predicted octanol–water partition coefficient (Wildman–Crippen LogP) is 3.43. The molecule has 126 valence electrons. The van der Waals surface area contributed by atoms with Crippen LogP contribution in [0.5, 0.6) is 5.88 Å². The van der Waals surface area contributed by atoms with Crippen molar-refractivity contribution in [2.45, 2.75) is 44.9 Å². The smallest absolute Gasteiger partial charge is 0.422 e. The van der Waals surface area contributed by atoms with E-state index in [1.807, 2.05) is 6.07 Å². The van der Waals surface area contributed by atoms with Gasteiger partial charge in [-0.25, -0.2) is 9.99 Å². The minimum atomic E-state index is -4.35. The minimum Gasteiger partial charge on any atom is -0.468 e. The third kappa shape index (κ3) is 3.96. The van der Waals surface area contributed by atoms with E-state index in [-0.39, 0.29) is 5.88 Å². The number of hydrazine groups is 1. The number of pyridine rings is 1. The Morgan fingerprint density at radius 1 is 1.35 bits per heavy atom. The third-order valence-corrected chi connectivity index (χ3v) is 4.17. The second-order valence-electron chi connectivity index (χ2n) is 6.07. The van der Waals surface area contributed by atoms with Crippen LogP contribution >= 0.6 is 0 Å². The standard InChI is InChI=1S/C16H20F3N3O/c1-12-8-13(9-20-15(12)23-11-16(17,18)19)10-21-6-3-7-22(21)14-4-2-5-14/h3,7-9,14H,2,4-6,10-11H2,1H3. The minimum absolute atomic E-state index is 0.0430. The lowest BCUT2D eigenvalue weighted by molar-refractivity contribution is -0.154. The maximum Gasteiger partial charge on any atom is 0.422 e. The molecule has 1 saturated carbocycles. The molecule has 0 unspecified atom stereocenters. The summed E-state index contributed by atoms with van der Waals surface area (Å²) in [6.45, 7) is 1.94. The van der Waals surface area contributed by atoms with Crippen LogP contribution in [0.3, 0.4) is 0 Å². The van der Waals surface area contributed by atoms with E-state index in [0.717, 1.165) is 12.1 Å². The molecule has 1 fully saturated rings. The molecule has 0 saturated heterocycles. The number of hydrogen-bond donors (Lipinski definition) is 0. The van der Waals surface area contributed by atoms with Crippen molar-refractivity contribution in [3.8, 4) is 5.88 Å². The van der Waals surface area contributed by atoms with E-state index in [1.54, 1.807) is 13.1 Å². The topological polar surface area (TPSA) is 28.6 Å². The van der Waals surface area contributed by atoms with Crippen LogP contribution in [-0.2, 0) is 6.54 Å². The third-order valence-electron chi connectivity index (χ3n) is 4.17. The molecule has 2 heterocycles. The van der Waals surface area contributed by atoms with Crippen molar-refractivity contribution in [1.29, 1.82) is 0 Å². The second-order valence-corrected chi connectivity index (χ2v) is 6.07. The molecular weight excluding hydrogens is 307 g/mol. The van der Waals surface area contributed by atoms with E-state index >= 15 is 0 Å². The summed E-state index contributed by atoms with van der Waals surface area (Å²) in [6.07, 6.45) is 5.18. The Hall–Kier alpha value is -1.76. The molecule has 1 aromatic rings. The molecule has 7 heteroatoms. The Labute approximate surface area is 133 Å². The lowest BCUT2D eigenvalue weighted by atomic mass is 9.93. The van der Waals surface area contributed by atoms with Crippen molar-refractivity contribution in [2.75, 3.05) is 13.2 Å². The first-order valence-electron chi connectivity index (χ1n) is 7.77. The van der Waals surface area contributed by atoms with E-state index in [4.69, 9.17) is 4.74 Å². The van der Waals surface area contributed by atoms with Crippen LogP contribution < -0.4 is 4.74 Å². The zero-order valence-electron chi connectivity index (χ0n) is 13.0. The van der Waals surface area contributed by atoms with Gasteiger partial charge in [-0.2, -0.15) is 13.2 Å². The number of ether oxygens (including phenoxy) is 1. The molecule has 1 aliphatic heterocycles. The van der Waals surface area contributed by atoms with Gasteiger partial charge >= 0.3 is 6.18 Å². The summed E-state index contributed by atoms with van der Waals surface area (Å²) < 4.78 is 41.4. The number of rotatable bonds is 5. The number of alkyl halides is 3. The number of nitrogens with zero attached hydrogens (tertiary/aromatic N) is 3. The van der Waals surface area contributed by atoms with Crippen molar-refractivity contribution >= 4 is 0 Å². The molecule has 23 heavy (non-hydrogen) atoms. The van der Waals surface area contributed by atoms with E-state index < -0.39 is 12.8 Å². The van der Waals surface area contributed by atoms with Gasteiger partial charge in [0.2, 0.25) is 5.88 Å². The summed E-state index contributed by atoms with van der Waals surface area (Å²) in [5.74, 6) is 0.0430. The first kappa shape index (κ1) is 16.1. The summed E-state index contributed by atoms with van der Waals surface area (Å²) in [6, 6.07) is 2.42. The van der Waals surface area contributed by atoms with E-state index in [0.29, 0.717) is 18.2 Å². The number of halogens is 3. The Balaban J connectivity index is 1.61. The van der Waals surface area contributed by atoms with Gasteiger partial charge in [-0.1, -0.05) is 6.08 Å². The highest BCUT2D eigenvalue weighted by Crippen LogP contribution is 2.29. The van der Waals surface area contributed by atoms with Crippen LogP contribution in [0.1, 0.15) is 30.4 Å². The molecule has 0 atom stereocenters. The second kappa shape index (κ2) is 6.39. The molecule has 1 aliphatic carbocycles. The van der Waals surface area contributed by atoms with Gasteiger partial charge in [0, 0.05) is 37.1 Å². The molecular formula is C16H20F3N3O. The lowest BCUT2D eigenvalue weighted by Crippen LogP contribution is -2.45. The SMILES string of the molecule is Cc1cc(CN2CC=CN2C2CCC2)cnc1OCC(F)(F)F. The predicted molar refractivity (Wildman–Crippen MR) is 79.6 cm³/mol. The van der Waals surface area contributed by atoms with Gasteiger partial charge in [0.1, 0.15) is 0 Å². The maximum atomic E-state index is 12.2. The summed E-state index contributed by atoms with van der Waals surface area (Å²) in [5.41, 5.74) is 1.59. The van der Waals surface area contributed by atoms with E-state index in [1.165, 1.54) is 19.3 Å². The maximum absolute atomic E-state index is 12.2. The van der Waals surface area contributed by atoms with E-state index in [2.05, 4.69) is 27.3 Å². The van der Waals surface area contributed by atoms with Crippen molar-refractivity contribution in [3.63, 3.8) is 0 Å². The normalized spacial score (nSPS) is 19.2. The molecule has 4 nitrogen and oxygen atoms in total. The molecule has 3 rings (SSSR count). The van der Waals surface area contributed by atoms with Gasteiger partial charge in [-0.15, -0.1) is 0 Å². The monoisotopic (exact) mass is 327 g/mol. The highest BCUT2D eigenvalue weighted by atomic mass is 19.4. The number of aryl methyl sites for hydroxylation is 1. The summed E-state index contributed by atoms with van der Waals surface area (Å²) >= 11 is 0. The van der Waals surface area contributed by atoms with Crippen LogP contribution in [0, 0.1) is 6.92 Å². The molecule has 0 radical (unpaired) electrons. The van der Waals surface area contributed by atoms with Crippen LogP contribution in [-0.4, -0.2) is 40.4 Å². The molecule has 0 aromatic carbocycles. The fourth-order valence-corrected chi connectivity index (χ4v) is 2.83. The Morgan fingerprint density at radius 3 is 2.74 bits per heavy atom. The molecule has 2 aliphatic rings. The van der Waals surface area contributed by atoms with Gasteiger partial charge in [0.15, 0.2) is 6.61 Å². The average molecular weight is 327 g/mol. The molecule has 0 N–H and O–H groups in total. The zero-order chi connectivity index (χ0) is 16.4. The van der Waals surface area contributed by atoms with E-state index in [9.17, 15) is 13.2 Å². The summed E-state index contributed by atoms with van der Waals surface area (Å²) in [4.78, 5) is 4.04. The molecule has 0 spiro atoms. The van der Waals surface area contributed by atoms with Crippen LogP contribution in [0.4, 0.5) is 13.2 Å². The molecule has 0 amide bonds. The van der Waals surface area contributed by atoms with Crippen LogP contribution in [0.2, 0.25) is 0 Å². The fraction of sp³-hybridized carbons (Fsp3) is 0.562. The number of hydrogen-bond acceptors (Lipinski definition) is 4. The number of aromatic nitrogens is 1. The largest absolute Gasteiger partial charge is 0.468 e. The Morgan fingerprint density at radius 2 is 2.13 bits per heavy atom. The highest BCUT2D eigenvalue weighted by molar-refractivity contribution is 5.28. The van der Waals surface area contributed by atoms with Crippen molar-refractivity contribution in [1.82, 2.24) is 15.0 Å². The zero-order valence-corrected chi connectivity index (χ0v) is 13.0. The first-order valence-corrected chi connectivity index (χ1v) is 7.77.